The molecule has 0 aliphatic heterocycles. The summed E-state index contributed by atoms with van der Waals surface area (Å²) in [6.45, 7) is 4.57. The van der Waals surface area contributed by atoms with Gasteiger partial charge in [-0.25, -0.2) is 19.9 Å². The molecule has 10 aromatic rings. The molecule has 0 N–H and O–H groups in total. The van der Waals surface area contributed by atoms with Gasteiger partial charge in [-0.1, -0.05) is 135 Å². The number of hydrogen-bond acceptors (Lipinski definition) is 6. The van der Waals surface area contributed by atoms with E-state index in [0.29, 0.717) is 23.4 Å². The number of fused-ring (bicyclic) bond motifs is 7. The average molecular weight is 709 g/mol. The van der Waals surface area contributed by atoms with Crippen LogP contribution in [0.25, 0.3) is 101 Å². The van der Waals surface area contributed by atoms with E-state index < -0.39 is 0 Å². The second kappa shape index (κ2) is 11.9. The maximum Gasteiger partial charge on any atom is 0.227 e. The highest BCUT2D eigenvalue weighted by Crippen LogP contribution is 2.51. The van der Waals surface area contributed by atoms with Crippen LogP contribution in [-0.2, 0) is 5.41 Å². The fourth-order valence-electron chi connectivity index (χ4n) is 8.20. The van der Waals surface area contributed by atoms with E-state index in [2.05, 4.69) is 74.5 Å². The zero-order valence-electron chi connectivity index (χ0n) is 30.1. The maximum atomic E-state index is 6.92. The molecule has 3 aromatic heterocycles. The SMILES string of the molecule is CC1(C)c2ccc(-c3cccc4c3oc3c(-c5nc(-c6ccccc6)nc(-c6ccccc6)n5)cccc34)cc2-c2cc3nc(-c4ccccc4)oc3cc21. The third kappa shape index (κ3) is 4.95. The van der Waals surface area contributed by atoms with Gasteiger partial charge in [-0.2, -0.15) is 0 Å². The van der Waals surface area contributed by atoms with Gasteiger partial charge in [0.15, 0.2) is 23.1 Å². The molecule has 6 heteroatoms. The van der Waals surface area contributed by atoms with Crippen molar-refractivity contribution in [2.45, 2.75) is 19.3 Å². The number of aromatic nitrogens is 4. The molecule has 0 atom stereocenters. The van der Waals surface area contributed by atoms with Crippen molar-refractivity contribution < 1.29 is 8.83 Å². The molecule has 11 rings (SSSR count). The number of rotatable bonds is 5. The molecule has 260 valence electrons. The second-order valence-electron chi connectivity index (χ2n) is 14.6. The number of para-hydroxylation sites is 2. The lowest BCUT2D eigenvalue weighted by atomic mass is 9.82. The molecule has 0 spiro atoms. The first-order chi connectivity index (χ1) is 27.0. The van der Waals surface area contributed by atoms with E-state index in [-0.39, 0.29) is 5.41 Å². The van der Waals surface area contributed by atoms with E-state index in [1.807, 2.05) is 97.1 Å². The summed E-state index contributed by atoms with van der Waals surface area (Å²) in [4.78, 5) is 19.9. The standard InChI is InChI=1S/C49H32N4O2/c1-49(2)39-25-24-32(26-37(39)38-27-41-42(28-40(38)49)54-48(50-41)31-18-10-5-11-19-31)33-20-12-21-34-35-22-13-23-36(44(35)55-43(33)34)47-52-45(29-14-6-3-7-15-29)51-46(53-47)30-16-8-4-9-17-30/h3-28H,1-2H3. The average Bonchev–Trinajstić information content (AvgIpc) is 3.91. The van der Waals surface area contributed by atoms with Gasteiger partial charge in [-0.05, 0) is 64.2 Å². The Morgan fingerprint density at radius 2 is 0.964 bits per heavy atom. The van der Waals surface area contributed by atoms with Gasteiger partial charge in [-0.15, -0.1) is 0 Å². The smallest absolute Gasteiger partial charge is 0.227 e. The maximum absolute atomic E-state index is 6.92. The van der Waals surface area contributed by atoms with Gasteiger partial charge in [0.1, 0.15) is 16.7 Å². The van der Waals surface area contributed by atoms with Crippen LogP contribution in [0.2, 0.25) is 0 Å². The van der Waals surface area contributed by atoms with Gasteiger partial charge in [0.05, 0.1) is 5.56 Å². The fraction of sp³-hybridized carbons (Fsp3) is 0.0612. The Hall–Kier alpha value is -7.18. The van der Waals surface area contributed by atoms with Crippen LogP contribution in [0.5, 0.6) is 0 Å². The molecule has 6 nitrogen and oxygen atoms in total. The highest BCUT2D eigenvalue weighted by Gasteiger charge is 2.37. The topological polar surface area (TPSA) is 77.8 Å². The zero-order chi connectivity index (χ0) is 36.7. The van der Waals surface area contributed by atoms with Gasteiger partial charge >= 0.3 is 0 Å². The van der Waals surface area contributed by atoms with E-state index in [1.54, 1.807) is 0 Å². The number of furan rings is 1. The molecule has 0 bridgehead atoms. The van der Waals surface area contributed by atoms with E-state index >= 15 is 0 Å². The molecule has 0 unspecified atom stereocenters. The van der Waals surface area contributed by atoms with Crippen LogP contribution in [0, 0.1) is 0 Å². The van der Waals surface area contributed by atoms with Crippen molar-refractivity contribution in [3.63, 3.8) is 0 Å². The number of nitrogens with zero attached hydrogens (tertiary/aromatic N) is 4. The minimum absolute atomic E-state index is 0.209. The molecule has 0 saturated carbocycles. The van der Waals surface area contributed by atoms with Crippen LogP contribution < -0.4 is 0 Å². The largest absolute Gasteiger partial charge is 0.455 e. The van der Waals surface area contributed by atoms with Crippen molar-refractivity contribution >= 4 is 33.0 Å². The molecule has 3 heterocycles. The molecular formula is C49H32N4O2. The molecule has 1 aliphatic carbocycles. The summed E-state index contributed by atoms with van der Waals surface area (Å²) in [5, 5.41) is 2.04. The monoisotopic (exact) mass is 708 g/mol. The van der Waals surface area contributed by atoms with Crippen LogP contribution >= 0.6 is 0 Å². The molecule has 0 saturated heterocycles. The fourth-order valence-corrected chi connectivity index (χ4v) is 8.20. The number of hydrogen-bond donors (Lipinski definition) is 0. The van der Waals surface area contributed by atoms with Crippen LogP contribution in [0.15, 0.2) is 167 Å². The lowest BCUT2D eigenvalue weighted by Crippen LogP contribution is -2.14. The van der Waals surface area contributed by atoms with E-state index in [9.17, 15) is 0 Å². The summed E-state index contributed by atoms with van der Waals surface area (Å²) in [6.07, 6.45) is 0. The summed E-state index contributed by atoms with van der Waals surface area (Å²) in [5.41, 5.74) is 13.6. The first-order valence-electron chi connectivity index (χ1n) is 18.5. The molecular weight excluding hydrogens is 677 g/mol. The minimum atomic E-state index is -0.209. The van der Waals surface area contributed by atoms with Crippen LogP contribution in [0.3, 0.4) is 0 Å². The molecule has 55 heavy (non-hydrogen) atoms. The highest BCUT2D eigenvalue weighted by atomic mass is 16.3. The third-order valence-corrected chi connectivity index (χ3v) is 11.0. The first-order valence-corrected chi connectivity index (χ1v) is 18.5. The van der Waals surface area contributed by atoms with Crippen molar-refractivity contribution in [1.29, 1.82) is 0 Å². The summed E-state index contributed by atoms with van der Waals surface area (Å²) < 4.78 is 13.2. The van der Waals surface area contributed by atoms with Crippen LogP contribution in [0.1, 0.15) is 25.0 Å². The summed E-state index contributed by atoms with van der Waals surface area (Å²) in [7, 11) is 0. The second-order valence-corrected chi connectivity index (χ2v) is 14.6. The minimum Gasteiger partial charge on any atom is -0.455 e. The Labute approximate surface area is 316 Å². The van der Waals surface area contributed by atoms with Gasteiger partial charge in [0.2, 0.25) is 5.89 Å². The molecule has 0 amide bonds. The first kappa shape index (κ1) is 31.4. The predicted molar refractivity (Wildman–Crippen MR) is 219 cm³/mol. The Morgan fingerprint density at radius 1 is 0.400 bits per heavy atom. The van der Waals surface area contributed by atoms with E-state index in [0.717, 1.165) is 66.4 Å². The Bertz CT molecular complexity index is 3050. The zero-order valence-corrected chi connectivity index (χ0v) is 30.1. The Morgan fingerprint density at radius 3 is 1.62 bits per heavy atom. The molecule has 0 fully saturated rings. The Kier molecular flexibility index (Phi) is 6.79. The predicted octanol–water partition coefficient (Wildman–Crippen LogP) is 12.6. The lowest BCUT2D eigenvalue weighted by molar-refractivity contribution is 0.614. The van der Waals surface area contributed by atoms with Crippen molar-refractivity contribution in [2.75, 3.05) is 0 Å². The van der Waals surface area contributed by atoms with Gasteiger partial charge in [0.25, 0.3) is 0 Å². The summed E-state index contributed by atoms with van der Waals surface area (Å²) in [6, 6.07) is 53.9. The highest BCUT2D eigenvalue weighted by molar-refractivity contribution is 6.13. The normalized spacial score (nSPS) is 13.1. The number of benzene rings is 7. The van der Waals surface area contributed by atoms with Gasteiger partial charge < -0.3 is 8.83 Å². The number of oxazole rings is 1. The quantitative estimate of drug-likeness (QED) is 0.177. The van der Waals surface area contributed by atoms with E-state index in [1.165, 1.54) is 22.3 Å². The van der Waals surface area contributed by atoms with Gasteiger partial charge in [-0.3, -0.25) is 0 Å². The van der Waals surface area contributed by atoms with Crippen LogP contribution in [0.4, 0.5) is 0 Å². The van der Waals surface area contributed by atoms with E-state index in [4.69, 9.17) is 28.8 Å². The van der Waals surface area contributed by atoms with Gasteiger partial charge in [0, 0.05) is 38.4 Å². The third-order valence-electron chi connectivity index (χ3n) is 11.0. The molecule has 7 aromatic carbocycles. The summed E-state index contributed by atoms with van der Waals surface area (Å²) >= 11 is 0. The van der Waals surface area contributed by atoms with Crippen molar-refractivity contribution in [3.8, 4) is 67.9 Å². The van der Waals surface area contributed by atoms with Crippen molar-refractivity contribution in [3.05, 3.63) is 169 Å². The Balaban J connectivity index is 1.06. The molecule has 1 aliphatic rings. The molecule has 0 radical (unpaired) electrons. The lowest BCUT2D eigenvalue weighted by Gasteiger charge is -2.21. The summed E-state index contributed by atoms with van der Waals surface area (Å²) in [5.74, 6) is 2.41. The van der Waals surface area contributed by atoms with Crippen LogP contribution in [-0.4, -0.2) is 19.9 Å². The van der Waals surface area contributed by atoms with Crippen molar-refractivity contribution in [1.82, 2.24) is 19.9 Å². The van der Waals surface area contributed by atoms with Crippen molar-refractivity contribution in [2.24, 2.45) is 0 Å².